The van der Waals surface area contributed by atoms with Gasteiger partial charge < -0.3 is 9.67 Å². The highest BCUT2D eigenvalue weighted by atomic mass is 35.5. The van der Waals surface area contributed by atoms with Gasteiger partial charge in [0.1, 0.15) is 22.6 Å². The Morgan fingerprint density at radius 1 is 1.42 bits per heavy atom. The lowest BCUT2D eigenvalue weighted by Crippen LogP contribution is -2.50. The van der Waals surface area contributed by atoms with Crippen molar-refractivity contribution in [1.82, 2.24) is 19.1 Å². The SMILES string of the molecule is Cc1nnc2n1CC(C(=O)O)N(S(=O)(=O)c1cccc(Cl)c1F)C2. The van der Waals surface area contributed by atoms with Gasteiger partial charge in [0.25, 0.3) is 0 Å². The number of sulfonamides is 1. The zero-order valence-corrected chi connectivity index (χ0v) is 13.9. The molecule has 1 unspecified atom stereocenters. The van der Waals surface area contributed by atoms with Gasteiger partial charge in [0.05, 0.1) is 18.1 Å². The number of aryl methyl sites for hydroxylation is 1. The highest BCUT2D eigenvalue weighted by molar-refractivity contribution is 7.89. The van der Waals surface area contributed by atoms with Crippen LogP contribution in [0.5, 0.6) is 0 Å². The molecule has 1 aliphatic heterocycles. The maximum absolute atomic E-state index is 14.2. The van der Waals surface area contributed by atoms with Gasteiger partial charge in [-0.15, -0.1) is 10.2 Å². The summed E-state index contributed by atoms with van der Waals surface area (Å²) >= 11 is 5.64. The second-order valence-electron chi connectivity index (χ2n) is 5.23. The molecule has 0 saturated heterocycles. The first-order chi connectivity index (χ1) is 11.2. The minimum atomic E-state index is -4.43. The normalized spacial score (nSPS) is 18.4. The van der Waals surface area contributed by atoms with Gasteiger partial charge in [-0.2, -0.15) is 4.31 Å². The van der Waals surface area contributed by atoms with E-state index < -0.39 is 32.7 Å². The molecule has 0 bridgehead atoms. The third-order valence-corrected chi connectivity index (χ3v) is 5.96. The third kappa shape index (κ3) is 2.56. The van der Waals surface area contributed by atoms with Crippen molar-refractivity contribution in [2.75, 3.05) is 0 Å². The van der Waals surface area contributed by atoms with Crippen molar-refractivity contribution >= 4 is 27.6 Å². The molecule has 1 N–H and O–H groups in total. The molecule has 1 aromatic heterocycles. The molecule has 11 heteroatoms. The summed E-state index contributed by atoms with van der Waals surface area (Å²) in [7, 11) is -4.43. The van der Waals surface area contributed by atoms with Gasteiger partial charge in [-0.05, 0) is 19.1 Å². The van der Waals surface area contributed by atoms with E-state index in [-0.39, 0.29) is 23.9 Å². The van der Waals surface area contributed by atoms with Crippen LogP contribution < -0.4 is 0 Å². The molecule has 24 heavy (non-hydrogen) atoms. The van der Waals surface area contributed by atoms with E-state index in [4.69, 9.17) is 11.6 Å². The number of carbonyl (C=O) groups is 1. The van der Waals surface area contributed by atoms with Crippen LogP contribution in [0.1, 0.15) is 11.6 Å². The molecule has 1 atom stereocenters. The number of benzene rings is 1. The van der Waals surface area contributed by atoms with E-state index in [2.05, 4.69) is 10.2 Å². The van der Waals surface area contributed by atoms with Crippen LogP contribution in [-0.2, 0) is 27.9 Å². The van der Waals surface area contributed by atoms with Crippen molar-refractivity contribution in [3.05, 3.63) is 40.7 Å². The monoisotopic (exact) mass is 374 g/mol. The summed E-state index contributed by atoms with van der Waals surface area (Å²) in [5, 5.41) is 16.7. The minimum Gasteiger partial charge on any atom is -0.480 e. The molecule has 2 heterocycles. The van der Waals surface area contributed by atoms with Crippen molar-refractivity contribution in [2.45, 2.75) is 31.0 Å². The van der Waals surface area contributed by atoms with E-state index in [9.17, 15) is 22.7 Å². The second kappa shape index (κ2) is 5.80. The molecule has 3 rings (SSSR count). The molecule has 0 amide bonds. The Hall–Kier alpha value is -2.04. The number of fused-ring (bicyclic) bond motifs is 1. The number of carboxylic acid groups (broad SMARTS) is 1. The van der Waals surface area contributed by atoms with Crippen LogP contribution in [-0.4, -0.2) is 44.6 Å². The van der Waals surface area contributed by atoms with Crippen molar-refractivity contribution in [3.63, 3.8) is 0 Å². The van der Waals surface area contributed by atoms with E-state index in [0.717, 1.165) is 6.07 Å². The standard InChI is InChI=1S/C13H12ClFN4O4S/c1-7-16-17-11-6-19(9(13(20)21)5-18(7)11)24(22,23)10-4-2-3-8(14)12(10)15/h2-4,9H,5-6H2,1H3,(H,20,21). The largest absolute Gasteiger partial charge is 0.480 e. The van der Waals surface area contributed by atoms with Crippen LogP contribution in [0.2, 0.25) is 5.02 Å². The van der Waals surface area contributed by atoms with Crippen LogP contribution in [0.25, 0.3) is 0 Å². The van der Waals surface area contributed by atoms with Gasteiger partial charge in [-0.25, -0.2) is 12.8 Å². The Kier molecular flexibility index (Phi) is 4.06. The molecule has 8 nitrogen and oxygen atoms in total. The third-order valence-electron chi connectivity index (χ3n) is 3.80. The Labute approximate surface area is 141 Å². The predicted molar refractivity (Wildman–Crippen MR) is 80.3 cm³/mol. The Morgan fingerprint density at radius 3 is 2.79 bits per heavy atom. The number of rotatable bonds is 3. The lowest BCUT2D eigenvalue weighted by Gasteiger charge is -2.32. The highest BCUT2D eigenvalue weighted by Crippen LogP contribution is 2.29. The van der Waals surface area contributed by atoms with Crippen LogP contribution >= 0.6 is 11.6 Å². The topological polar surface area (TPSA) is 105 Å². The second-order valence-corrected chi connectivity index (χ2v) is 7.50. The quantitative estimate of drug-likeness (QED) is 0.860. The molecule has 0 radical (unpaired) electrons. The lowest BCUT2D eigenvalue weighted by atomic mass is 10.2. The molecule has 0 aliphatic carbocycles. The van der Waals surface area contributed by atoms with Gasteiger partial charge in [-0.3, -0.25) is 4.79 Å². The molecule has 2 aromatic rings. The summed E-state index contributed by atoms with van der Waals surface area (Å²) < 4.78 is 42.0. The molecule has 1 aliphatic rings. The first-order valence-corrected chi connectivity index (χ1v) is 8.62. The fraction of sp³-hybridized carbons (Fsp3) is 0.308. The predicted octanol–water partition coefficient (Wildman–Crippen LogP) is 1.04. The van der Waals surface area contributed by atoms with Crippen LogP contribution in [0, 0.1) is 12.7 Å². The lowest BCUT2D eigenvalue weighted by molar-refractivity contribution is -0.142. The van der Waals surface area contributed by atoms with E-state index in [1.165, 1.54) is 16.7 Å². The average Bonchev–Trinajstić information content (AvgIpc) is 2.89. The van der Waals surface area contributed by atoms with Gasteiger partial charge >= 0.3 is 5.97 Å². The highest BCUT2D eigenvalue weighted by Gasteiger charge is 2.42. The summed E-state index contributed by atoms with van der Waals surface area (Å²) in [4.78, 5) is 10.9. The number of aliphatic carboxylic acids is 1. The molecule has 1 aromatic carbocycles. The zero-order chi connectivity index (χ0) is 17.6. The molecule has 0 spiro atoms. The fourth-order valence-corrected chi connectivity index (χ4v) is 4.40. The Bertz CT molecular complexity index is 930. The molecule has 0 saturated carbocycles. The number of hydrogen-bond acceptors (Lipinski definition) is 5. The van der Waals surface area contributed by atoms with Crippen molar-refractivity contribution < 1.29 is 22.7 Å². The van der Waals surface area contributed by atoms with Crippen molar-refractivity contribution in [1.29, 1.82) is 0 Å². The smallest absolute Gasteiger partial charge is 0.323 e. The van der Waals surface area contributed by atoms with E-state index in [0.29, 0.717) is 10.1 Å². The molecule has 0 fully saturated rings. The van der Waals surface area contributed by atoms with Crippen LogP contribution in [0.3, 0.4) is 0 Å². The van der Waals surface area contributed by atoms with E-state index in [1.807, 2.05) is 0 Å². The van der Waals surface area contributed by atoms with Gasteiger partial charge in [0.15, 0.2) is 5.82 Å². The van der Waals surface area contributed by atoms with Crippen LogP contribution in [0.15, 0.2) is 23.1 Å². The Morgan fingerprint density at radius 2 is 2.12 bits per heavy atom. The Balaban J connectivity index is 2.12. The molecular formula is C13H12ClFN4O4S. The van der Waals surface area contributed by atoms with Crippen molar-refractivity contribution in [2.24, 2.45) is 0 Å². The van der Waals surface area contributed by atoms with Crippen molar-refractivity contribution in [3.8, 4) is 0 Å². The summed E-state index contributed by atoms with van der Waals surface area (Å²) in [6.45, 7) is 1.15. The number of halogens is 2. The maximum Gasteiger partial charge on any atom is 0.323 e. The number of carboxylic acids is 1. The van der Waals surface area contributed by atoms with Gasteiger partial charge in [0.2, 0.25) is 10.0 Å². The first kappa shape index (κ1) is 16.8. The molecular weight excluding hydrogens is 363 g/mol. The van der Waals surface area contributed by atoms with Crippen LogP contribution in [0.4, 0.5) is 4.39 Å². The first-order valence-electron chi connectivity index (χ1n) is 6.81. The summed E-state index contributed by atoms with van der Waals surface area (Å²) in [5.74, 6) is -1.70. The number of nitrogens with zero attached hydrogens (tertiary/aromatic N) is 4. The van der Waals surface area contributed by atoms with E-state index >= 15 is 0 Å². The number of aromatic nitrogens is 3. The summed E-state index contributed by atoms with van der Waals surface area (Å²) in [6, 6.07) is 2.13. The van der Waals surface area contributed by atoms with Gasteiger partial charge in [0, 0.05) is 0 Å². The summed E-state index contributed by atoms with van der Waals surface area (Å²) in [6.07, 6.45) is 0. The number of hydrogen-bond donors (Lipinski definition) is 1. The van der Waals surface area contributed by atoms with E-state index in [1.54, 1.807) is 6.92 Å². The average molecular weight is 375 g/mol. The van der Waals surface area contributed by atoms with Gasteiger partial charge in [-0.1, -0.05) is 17.7 Å². The fourth-order valence-electron chi connectivity index (χ4n) is 2.56. The zero-order valence-electron chi connectivity index (χ0n) is 12.3. The molecule has 128 valence electrons. The maximum atomic E-state index is 14.2. The summed E-state index contributed by atoms with van der Waals surface area (Å²) in [5.41, 5.74) is 0. The minimum absolute atomic E-state index is 0.162.